The Labute approximate surface area is 110 Å². The molecule has 1 aromatic carbocycles. The van der Waals surface area contributed by atoms with Gasteiger partial charge in [0.1, 0.15) is 5.75 Å². The van der Waals surface area contributed by atoms with Gasteiger partial charge < -0.3 is 4.74 Å². The molecule has 1 aromatic rings. The number of hydrogen-bond donors (Lipinski definition) is 0. The minimum absolute atomic E-state index is 0.338. The third kappa shape index (κ3) is 3.04. The van der Waals surface area contributed by atoms with Gasteiger partial charge in [0.25, 0.3) is 0 Å². The molecule has 0 spiro atoms. The van der Waals surface area contributed by atoms with Crippen molar-refractivity contribution in [2.24, 2.45) is 5.41 Å². The van der Waals surface area contributed by atoms with E-state index in [9.17, 15) is 0 Å². The van der Waals surface area contributed by atoms with Gasteiger partial charge in [-0.1, -0.05) is 13.8 Å². The molecule has 0 aromatic heterocycles. The van der Waals surface area contributed by atoms with Gasteiger partial charge in [0, 0.05) is 0 Å². The number of aryl methyl sites for hydroxylation is 1. The molecule has 0 radical (unpaired) electrons. The Hall–Kier alpha value is -1.49. The fraction of sp³-hybridized carbons (Fsp3) is 0.562. The molecule has 18 heavy (non-hydrogen) atoms. The van der Waals surface area contributed by atoms with Crippen LogP contribution in [-0.4, -0.2) is 6.10 Å². The van der Waals surface area contributed by atoms with E-state index in [1.54, 1.807) is 0 Å². The maximum absolute atomic E-state index is 8.90. The summed E-state index contributed by atoms with van der Waals surface area (Å²) in [5.41, 5.74) is 2.19. The average molecular weight is 243 g/mol. The minimum Gasteiger partial charge on any atom is -0.490 e. The summed E-state index contributed by atoms with van der Waals surface area (Å²) in [6.07, 6.45) is 5.06. The molecular formula is C16H21NO. The van der Waals surface area contributed by atoms with E-state index in [0.717, 1.165) is 29.7 Å². The Kier molecular flexibility index (Phi) is 3.61. The van der Waals surface area contributed by atoms with Gasteiger partial charge in [-0.25, -0.2) is 0 Å². The van der Waals surface area contributed by atoms with Crippen LogP contribution in [0.2, 0.25) is 0 Å². The van der Waals surface area contributed by atoms with Crippen LogP contribution in [-0.2, 0) is 0 Å². The molecule has 2 nitrogen and oxygen atoms in total. The summed E-state index contributed by atoms with van der Waals surface area (Å²) in [5.74, 6) is 0.899. The molecule has 0 aliphatic heterocycles. The van der Waals surface area contributed by atoms with Gasteiger partial charge in [0.15, 0.2) is 0 Å². The fourth-order valence-electron chi connectivity index (χ4n) is 2.52. The van der Waals surface area contributed by atoms with Crippen molar-refractivity contribution in [2.45, 2.75) is 52.6 Å². The summed E-state index contributed by atoms with van der Waals surface area (Å²) >= 11 is 0. The molecule has 2 heteroatoms. The van der Waals surface area contributed by atoms with E-state index in [4.69, 9.17) is 10.00 Å². The zero-order chi connectivity index (χ0) is 13.2. The van der Waals surface area contributed by atoms with Crippen LogP contribution in [0.5, 0.6) is 5.75 Å². The smallest absolute Gasteiger partial charge is 0.120 e. The van der Waals surface area contributed by atoms with Crippen LogP contribution >= 0.6 is 0 Å². The van der Waals surface area contributed by atoms with E-state index >= 15 is 0 Å². The summed E-state index contributed by atoms with van der Waals surface area (Å²) in [7, 11) is 0. The SMILES string of the molecule is Cc1cc(OC2CCC(C)(C)CC2)ccc1C#N. The minimum atomic E-state index is 0.338. The summed E-state index contributed by atoms with van der Waals surface area (Å²) < 4.78 is 6.02. The van der Waals surface area contributed by atoms with Gasteiger partial charge >= 0.3 is 0 Å². The number of hydrogen-bond acceptors (Lipinski definition) is 2. The van der Waals surface area contributed by atoms with Crippen LogP contribution < -0.4 is 4.74 Å². The lowest BCUT2D eigenvalue weighted by Gasteiger charge is -2.34. The molecule has 1 aliphatic carbocycles. The van der Waals surface area contributed by atoms with Gasteiger partial charge in [-0.3, -0.25) is 0 Å². The quantitative estimate of drug-likeness (QED) is 0.779. The monoisotopic (exact) mass is 243 g/mol. The second kappa shape index (κ2) is 5.02. The molecule has 1 saturated carbocycles. The molecule has 0 unspecified atom stereocenters. The number of nitriles is 1. The lowest BCUT2D eigenvalue weighted by molar-refractivity contribution is 0.0987. The standard InChI is InChI=1S/C16H21NO/c1-12-10-15(5-4-13(12)11-17)18-14-6-8-16(2,3)9-7-14/h4-5,10,14H,6-9H2,1-3H3. The van der Waals surface area contributed by atoms with Crippen LogP contribution in [0.3, 0.4) is 0 Å². The van der Waals surface area contributed by atoms with E-state index in [2.05, 4.69) is 19.9 Å². The highest BCUT2D eigenvalue weighted by atomic mass is 16.5. The van der Waals surface area contributed by atoms with Crippen LogP contribution in [0, 0.1) is 23.7 Å². The van der Waals surface area contributed by atoms with Crippen LogP contribution in [0.4, 0.5) is 0 Å². The molecule has 2 rings (SSSR count). The van der Waals surface area contributed by atoms with Crippen molar-refractivity contribution in [1.29, 1.82) is 5.26 Å². The topological polar surface area (TPSA) is 33.0 Å². The first-order valence-electron chi connectivity index (χ1n) is 6.68. The number of rotatable bonds is 2. The Morgan fingerprint density at radius 2 is 1.94 bits per heavy atom. The lowest BCUT2D eigenvalue weighted by Crippen LogP contribution is -2.28. The third-order valence-corrected chi connectivity index (χ3v) is 3.91. The van der Waals surface area contributed by atoms with Crippen molar-refractivity contribution in [2.75, 3.05) is 0 Å². The normalized spacial score (nSPS) is 19.2. The molecule has 1 aliphatic rings. The molecule has 96 valence electrons. The van der Waals surface area contributed by atoms with Gasteiger partial charge in [-0.2, -0.15) is 5.26 Å². The second-order valence-electron chi connectivity index (χ2n) is 6.07. The van der Waals surface area contributed by atoms with Crippen molar-refractivity contribution in [3.05, 3.63) is 29.3 Å². The summed E-state index contributed by atoms with van der Waals surface area (Å²) in [6, 6.07) is 7.90. The molecule has 0 atom stereocenters. The molecule has 0 saturated heterocycles. The van der Waals surface area contributed by atoms with E-state index < -0.39 is 0 Å². The van der Waals surface area contributed by atoms with Gasteiger partial charge in [0.2, 0.25) is 0 Å². The zero-order valence-electron chi connectivity index (χ0n) is 11.5. The van der Waals surface area contributed by atoms with Gasteiger partial charge in [-0.05, 0) is 61.8 Å². The predicted octanol–water partition coefficient (Wildman–Crippen LogP) is 4.21. The Balaban J connectivity index is 1.99. The third-order valence-electron chi connectivity index (χ3n) is 3.91. The molecule has 0 N–H and O–H groups in total. The van der Waals surface area contributed by atoms with Crippen molar-refractivity contribution in [1.82, 2.24) is 0 Å². The maximum atomic E-state index is 8.90. The lowest BCUT2D eigenvalue weighted by atomic mass is 9.76. The highest BCUT2D eigenvalue weighted by molar-refractivity contribution is 5.41. The Morgan fingerprint density at radius 3 is 2.50 bits per heavy atom. The Bertz CT molecular complexity index is 460. The number of benzene rings is 1. The molecule has 0 amide bonds. The highest BCUT2D eigenvalue weighted by Gasteiger charge is 2.27. The van der Waals surface area contributed by atoms with Gasteiger partial charge in [-0.15, -0.1) is 0 Å². The van der Waals surface area contributed by atoms with Crippen molar-refractivity contribution in [3.8, 4) is 11.8 Å². The summed E-state index contributed by atoms with van der Waals surface area (Å²) in [4.78, 5) is 0. The first-order chi connectivity index (χ1) is 8.50. The highest BCUT2D eigenvalue weighted by Crippen LogP contribution is 2.36. The van der Waals surface area contributed by atoms with Crippen LogP contribution in [0.15, 0.2) is 18.2 Å². The van der Waals surface area contributed by atoms with E-state index in [1.807, 2.05) is 25.1 Å². The van der Waals surface area contributed by atoms with Crippen molar-refractivity contribution < 1.29 is 4.74 Å². The molecular weight excluding hydrogens is 222 g/mol. The number of ether oxygens (including phenoxy) is 1. The first kappa shape index (κ1) is 13.0. The molecule has 0 heterocycles. The summed E-state index contributed by atoms with van der Waals surface area (Å²) in [6.45, 7) is 6.61. The van der Waals surface area contributed by atoms with Gasteiger partial charge in [0.05, 0.1) is 17.7 Å². The average Bonchev–Trinajstić information content (AvgIpc) is 2.32. The zero-order valence-corrected chi connectivity index (χ0v) is 11.5. The number of nitrogens with zero attached hydrogens (tertiary/aromatic N) is 1. The predicted molar refractivity (Wildman–Crippen MR) is 72.6 cm³/mol. The molecule has 0 bridgehead atoms. The van der Waals surface area contributed by atoms with E-state index in [-0.39, 0.29) is 0 Å². The fourth-order valence-corrected chi connectivity index (χ4v) is 2.52. The first-order valence-corrected chi connectivity index (χ1v) is 6.68. The second-order valence-corrected chi connectivity index (χ2v) is 6.07. The van der Waals surface area contributed by atoms with Crippen LogP contribution in [0.1, 0.15) is 50.7 Å². The van der Waals surface area contributed by atoms with Crippen LogP contribution in [0.25, 0.3) is 0 Å². The summed E-state index contributed by atoms with van der Waals surface area (Å²) in [5, 5.41) is 8.90. The Morgan fingerprint density at radius 1 is 1.28 bits per heavy atom. The van der Waals surface area contributed by atoms with E-state index in [0.29, 0.717) is 11.5 Å². The molecule has 1 fully saturated rings. The largest absolute Gasteiger partial charge is 0.490 e. The van der Waals surface area contributed by atoms with Crippen molar-refractivity contribution >= 4 is 0 Å². The maximum Gasteiger partial charge on any atom is 0.120 e. The van der Waals surface area contributed by atoms with E-state index in [1.165, 1.54) is 12.8 Å². The van der Waals surface area contributed by atoms with Crippen molar-refractivity contribution in [3.63, 3.8) is 0 Å².